The van der Waals surface area contributed by atoms with Gasteiger partial charge in [0.25, 0.3) is 0 Å². The Morgan fingerprint density at radius 1 is 1.00 bits per heavy atom. The van der Waals surface area contributed by atoms with Crippen LogP contribution in [-0.2, 0) is 0 Å². The third-order valence-corrected chi connectivity index (χ3v) is 3.96. The monoisotopic (exact) mass is 253 g/mol. The quantitative estimate of drug-likeness (QED) is 0.886. The van der Waals surface area contributed by atoms with E-state index in [1.165, 1.54) is 43.2 Å². The topological polar surface area (TPSA) is 51.8 Å². The van der Waals surface area contributed by atoms with Crippen LogP contribution in [0.5, 0.6) is 0 Å². The summed E-state index contributed by atoms with van der Waals surface area (Å²) >= 11 is 0. The van der Waals surface area contributed by atoms with Gasteiger partial charge in [-0.3, -0.25) is 0 Å². The first kappa shape index (κ1) is 12.2. The zero-order valence-corrected chi connectivity index (χ0v) is 11.0. The molecular formula is C16H19N3. The van der Waals surface area contributed by atoms with Gasteiger partial charge in [-0.2, -0.15) is 0 Å². The molecule has 0 spiro atoms. The van der Waals surface area contributed by atoms with E-state index in [4.69, 9.17) is 5.73 Å². The largest absolute Gasteiger partial charge is 0.368 e. The molecule has 3 rings (SSSR count). The summed E-state index contributed by atoms with van der Waals surface area (Å²) in [6.07, 6.45) is 8.36. The second-order valence-electron chi connectivity index (χ2n) is 5.22. The van der Waals surface area contributed by atoms with Crippen molar-refractivity contribution in [1.29, 1.82) is 0 Å². The fraction of sp³-hybridized carbons (Fsp3) is 0.375. The summed E-state index contributed by atoms with van der Waals surface area (Å²) in [5, 5.41) is 0. The Morgan fingerprint density at radius 3 is 2.58 bits per heavy atom. The maximum absolute atomic E-state index is 5.70. The zero-order valence-electron chi connectivity index (χ0n) is 11.0. The lowest BCUT2D eigenvalue weighted by molar-refractivity contribution is 0.444. The van der Waals surface area contributed by atoms with Crippen molar-refractivity contribution in [3.05, 3.63) is 42.1 Å². The number of hydrogen-bond acceptors (Lipinski definition) is 3. The lowest BCUT2D eigenvalue weighted by Gasteiger charge is -2.24. The van der Waals surface area contributed by atoms with E-state index >= 15 is 0 Å². The number of aromatic nitrogens is 2. The molecule has 3 nitrogen and oxygen atoms in total. The fourth-order valence-corrected chi connectivity index (χ4v) is 3.02. The SMILES string of the molecule is Nc1nccc(-c2ccccc2C2CCCCC2)n1. The average Bonchev–Trinajstić information content (AvgIpc) is 2.48. The van der Waals surface area contributed by atoms with Gasteiger partial charge in [-0.15, -0.1) is 0 Å². The molecular weight excluding hydrogens is 234 g/mol. The first-order valence-corrected chi connectivity index (χ1v) is 7.02. The summed E-state index contributed by atoms with van der Waals surface area (Å²) < 4.78 is 0. The van der Waals surface area contributed by atoms with Gasteiger partial charge in [0, 0.05) is 11.8 Å². The third-order valence-electron chi connectivity index (χ3n) is 3.96. The molecule has 1 aliphatic carbocycles. The van der Waals surface area contributed by atoms with Crippen molar-refractivity contribution in [2.24, 2.45) is 0 Å². The molecule has 1 saturated carbocycles. The number of anilines is 1. The van der Waals surface area contributed by atoms with Gasteiger partial charge in [0.05, 0.1) is 5.69 Å². The second-order valence-corrected chi connectivity index (χ2v) is 5.22. The Kier molecular flexibility index (Phi) is 3.45. The number of nitrogens with zero attached hydrogens (tertiary/aromatic N) is 2. The summed E-state index contributed by atoms with van der Waals surface area (Å²) in [6, 6.07) is 10.5. The fourth-order valence-electron chi connectivity index (χ4n) is 3.02. The molecule has 1 aliphatic rings. The van der Waals surface area contributed by atoms with Crippen LogP contribution < -0.4 is 5.73 Å². The second kappa shape index (κ2) is 5.39. The Bertz CT molecular complexity index is 559. The van der Waals surface area contributed by atoms with E-state index in [1.54, 1.807) is 6.20 Å². The summed E-state index contributed by atoms with van der Waals surface area (Å²) in [6.45, 7) is 0. The van der Waals surface area contributed by atoms with Crippen LogP contribution in [0.3, 0.4) is 0 Å². The average molecular weight is 253 g/mol. The molecule has 0 saturated heterocycles. The normalized spacial score (nSPS) is 16.4. The number of benzene rings is 1. The molecule has 2 aromatic rings. The highest BCUT2D eigenvalue weighted by Gasteiger charge is 2.19. The molecule has 0 bridgehead atoms. The molecule has 3 heteroatoms. The standard InChI is InChI=1S/C16H19N3/c17-16-18-11-10-15(19-16)14-9-5-4-8-13(14)12-6-2-1-3-7-12/h4-5,8-12H,1-3,6-7H2,(H2,17,18,19). The van der Waals surface area contributed by atoms with Crippen LogP contribution in [0.4, 0.5) is 5.95 Å². The van der Waals surface area contributed by atoms with Crippen molar-refractivity contribution in [1.82, 2.24) is 9.97 Å². The number of rotatable bonds is 2. The first-order valence-electron chi connectivity index (χ1n) is 7.02. The summed E-state index contributed by atoms with van der Waals surface area (Å²) in [5.41, 5.74) is 9.27. The lowest BCUT2D eigenvalue weighted by atomic mass is 9.81. The van der Waals surface area contributed by atoms with Crippen LogP contribution in [0.25, 0.3) is 11.3 Å². The molecule has 0 aliphatic heterocycles. The molecule has 0 amide bonds. The molecule has 0 radical (unpaired) electrons. The minimum atomic E-state index is 0.343. The number of nitrogens with two attached hydrogens (primary N) is 1. The lowest BCUT2D eigenvalue weighted by Crippen LogP contribution is -2.06. The minimum Gasteiger partial charge on any atom is -0.368 e. The molecule has 1 aromatic heterocycles. The summed E-state index contributed by atoms with van der Waals surface area (Å²) in [7, 11) is 0. The summed E-state index contributed by atoms with van der Waals surface area (Å²) in [4.78, 5) is 8.34. The molecule has 0 unspecified atom stereocenters. The Balaban J connectivity index is 2.01. The Morgan fingerprint density at radius 2 is 1.79 bits per heavy atom. The van der Waals surface area contributed by atoms with Crippen molar-refractivity contribution in [2.75, 3.05) is 5.73 Å². The van der Waals surface area contributed by atoms with Gasteiger partial charge in [0.1, 0.15) is 0 Å². The maximum Gasteiger partial charge on any atom is 0.220 e. The van der Waals surface area contributed by atoms with E-state index in [9.17, 15) is 0 Å². The van der Waals surface area contributed by atoms with E-state index in [2.05, 4.69) is 34.2 Å². The van der Waals surface area contributed by atoms with Gasteiger partial charge in [-0.25, -0.2) is 9.97 Å². The van der Waals surface area contributed by atoms with Crippen molar-refractivity contribution >= 4 is 5.95 Å². The summed E-state index contributed by atoms with van der Waals surface area (Å²) in [5.74, 6) is 1.01. The van der Waals surface area contributed by atoms with Crippen LogP contribution in [0.2, 0.25) is 0 Å². The van der Waals surface area contributed by atoms with Crippen LogP contribution in [-0.4, -0.2) is 9.97 Å². The van der Waals surface area contributed by atoms with E-state index in [0.717, 1.165) is 5.69 Å². The number of nitrogen functional groups attached to an aromatic ring is 1. The van der Waals surface area contributed by atoms with Crippen molar-refractivity contribution in [3.8, 4) is 11.3 Å². The van der Waals surface area contributed by atoms with Crippen molar-refractivity contribution in [3.63, 3.8) is 0 Å². The molecule has 98 valence electrons. The van der Waals surface area contributed by atoms with Crippen molar-refractivity contribution in [2.45, 2.75) is 38.0 Å². The van der Waals surface area contributed by atoms with Gasteiger partial charge in [-0.05, 0) is 30.4 Å². The highest BCUT2D eigenvalue weighted by Crippen LogP contribution is 2.37. The highest BCUT2D eigenvalue weighted by atomic mass is 15.0. The van der Waals surface area contributed by atoms with E-state index in [0.29, 0.717) is 11.9 Å². The van der Waals surface area contributed by atoms with E-state index < -0.39 is 0 Å². The third kappa shape index (κ3) is 2.60. The van der Waals surface area contributed by atoms with E-state index in [-0.39, 0.29) is 0 Å². The van der Waals surface area contributed by atoms with Crippen LogP contribution in [0.15, 0.2) is 36.5 Å². The molecule has 2 N–H and O–H groups in total. The Labute approximate surface area is 113 Å². The van der Waals surface area contributed by atoms with Gasteiger partial charge in [-0.1, -0.05) is 43.5 Å². The molecule has 1 fully saturated rings. The van der Waals surface area contributed by atoms with Crippen molar-refractivity contribution < 1.29 is 0 Å². The van der Waals surface area contributed by atoms with Gasteiger partial charge < -0.3 is 5.73 Å². The molecule has 19 heavy (non-hydrogen) atoms. The predicted octanol–water partition coefficient (Wildman–Crippen LogP) is 3.77. The van der Waals surface area contributed by atoms with Gasteiger partial charge in [0.2, 0.25) is 5.95 Å². The van der Waals surface area contributed by atoms with E-state index in [1.807, 2.05) is 6.07 Å². The minimum absolute atomic E-state index is 0.343. The molecule has 0 atom stereocenters. The maximum atomic E-state index is 5.70. The molecule has 1 aromatic carbocycles. The zero-order chi connectivity index (χ0) is 13.1. The van der Waals surface area contributed by atoms with Crippen LogP contribution >= 0.6 is 0 Å². The van der Waals surface area contributed by atoms with Gasteiger partial charge >= 0.3 is 0 Å². The van der Waals surface area contributed by atoms with Crippen LogP contribution in [0, 0.1) is 0 Å². The number of hydrogen-bond donors (Lipinski definition) is 1. The highest BCUT2D eigenvalue weighted by molar-refractivity contribution is 5.65. The van der Waals surface area contributed by atoms with Crippen LogP contribution in [0.1, 0.15) is 43.6 Å². The van der Waals surface area contributed by atoms with Gasteiger partial charge in [0.15, 0.2) is 0 Å². The first-order chi connectivity index (χ1) is 9.34. The Hall–Kier alpha value is -1.90. The molecule has 1 heterocycles. The predicted molar refractivity (Wildman–Crippen MR) is 77.7 cm³/mol. The smallest absolute Gasteiger partial charge is 0.220 e.